The van der Waals surface area contributed by atoms with Crippen LogP contribution in [0.4, 0.5) is 0 Å². The Labute approximate surface area is 94.5 Å². The van der Waals surface area contributed by atoms with Crippen molar-refractivity contribution in [3.63, 3.8) is 0 Å². The van der Waals surface area contributed by atoms with Gasteiger partial charge in [-0.3, -0.25) is 0 Å². The minimum atomic E-state index is -0.520. The molecule has 1 saturated heterocycles. The third-order valence-electron chi connectivity index (χ3n) is 4.26. The van der Waals surface area contributed by atoms with Crippen molar-refractivity contribution in [2.24, 2.45) is 11.8 Å². The molecule has 0 spiro atoms. The van der Waals surface area contributed by atoms with Crippen molar-refractivity contribution in [1.29, 1.82) is 0 Å². The molecule has 90 valence electrons. The van der Waals surface area contributed by atoms with Gasteiger partial charge in [-0.1, -0.05) is 34.1 Å². The minimum absolute atomic E-state index is 0.293. The van der Waals surface area contributed by atoms with Crippen molar-refractivity contribution >= 4 is 0 Å². The summed E-state index contributed by atoms with van der Waals surface area (Å²) in [6.07, 6.45) is 4.50. The normalized spacial score (nSPS) is 31.6. The van der Waals surface area contributed by atoms with Crippen LogP contribution in [0.1, 0.15) is 53.4 Å². The van der Waals surface area contributed by atoms with Gasteiger partial charge < -0.3 is 10.4 Å². The van der Waals surface area contributed by atoms with E-state index >= 15 is 0 Å². The molecular weight excluding hydrogens is 186 g/mol. The number of aliphatic hydroxyl groups is 1. The van der Waals surface area contributed by atoms with Gasteiger partial charge in [-0.15, -0.1) is 0 Å². The summed E-state index contributed by atoms with van der Waals surface area (Å²) >= 11 is 0. The zero-order chi connectivity index (χ0) is 11.5. The highest BCUT2D eigenvalue weighted by molar-refractivity contribution is 4.96. The Hall–Kier alpha value is -0.0800. The van der Waals surface area contributed by atoms with Crippen LogP contribution in [0.2, 0.25) is 0 Å². The van der Waals surface area contributed by atoms with Gasteiger partial charge in [0.05, 0.1) is 5.60 Å². The van der Waals surface area contributed by atoms with Gasteiger partial charge in [0.25, 0.3) is 0 Å². The Morgan fingerprint density at radius 2 is 2.07 bits per heavy atom. The van der Waals surface area contributed by atoms with Crippen LogP contribution < -0.4 is 5.32 Å². The van der Waals surface area contributed by atoms with Crippen molar-refractivity contribution in [3.05, 3.63) is 0 Å². The summed E-state index contributed by atoms with van der Waals surface area (Å²) in [6, 6.07) is 0.293. The average molecular weight is 213 g/mol. The van der Waals surface area contributed by atoms with Gasteiger partial charge in [0.2, 0.25) is 0 Å². The third-order valence-corrected chi connectivity index (χ3v) is 4.26. The van der Waals surface area contributed by atoms with Crippen LogP contribution in [-0.2, 0) is 0 Å². The van der Waals surface area contributed by atoms with E-state index in [1.807, 2.05) is 0 Å². The van der Waals surface area contributed by atoms with E-state index in [0.717, 1.165) is 25.3 Å². The van der Waals surface area contributed by atoms with Gasteiger partial charge in [-0.2, -0.15) is 0 Å². The van der Waals surface area contributed by atoms with Crippen molar-refractivity contribution in [2.45, 2.75) is 65.0 Å². The van der Waals surface area contributed by atoms with E-state index in [9.17, 15) is 5.11 Å². The molecule has 3 atom stereocenters. The van der Waals surface area contributed by atoms with Gasteiger partial charge >= 0.3 is 0 Å². The molecule has 2 N–H and O–H groups in total. The van der Waals surface area contributed by atoms with Crippen LogP contribution in [0.25, 0.3) is 0 Å². The molecule has 1 aliphatic rings. The van der Waals surface area contributed by atoms with Gasteiger partial charge in [0.15, 0.2) is 0 Å². The van der Waals surface area contributed by atoms with E-state index in [2.05, 4.69) is 33.0 Å². The van der Waals surface area contributed by atoms with Crippen LogP contribution in [0.15, 0.2) is 0 Å². The highest BCUT2D eigenvalue weighted by Gasteiger charge is 2.40. The monoisotopic (exact) mass is 213 g/mol. The summed E-state index contributed by atoms with van der Waals surface area (Å²) in [5, 5.41) is 14.2. The Bertz CT molecular complexity index is 193. The molecule has 0 bridgehead atoms. The Morgan fingerprint density at radius 3 is 2.53 bits per heavy atom. The molecule has 0 aromatic heterocycles. The zero-order valence-electron chi connectivity index (χ0n) is 10.7. The number of piperidine rings is 1. The standard InChI is InChI=1S/C13H27NO/c1-5-11-7-8-14-12(9-11)13(15,6-2)10(3)4/h10-12,14-15H,5-9H2,1-4H3. The highest BCUT2D eigenvalue weighted by Crippen LogP contribution is 2.32. The topological polar surface area (TPSA) is 32.3 Å². The summed E-state index contributed by atoms with van der Waals surface area (Å²) in [4.78, 5) is 0. The first-order chi connectivity index (χ1) is 7.04. The first kappa shape index (κ1) is 13.0. The molecule has 0 radical (unpaired) electrons. The van der Waals surface area contributed by atoms with Crippen molar-refractivity contribution in [2.75, 3.05) is 6.54 Å². The molecular formula is C13H27NO. The molecule has 15 heavy (non-hydrogen) atoms. The molecule has 0 aromatic carbocycles. The summed E-state index contributed by atoms with van der Waals surface area (Å²) in [5.41, 5.74) is -0.520. The van der Waals surface area contributed by atoms with Crippen LogP contribution >= 0.6 is 0 Å². The third kappa shape index (κ3) is 2.73. The minimum Gasteiger partial charge on any atom is -0.388 e. The summed E-state index contributed by atoms with van der Waals surface area (Å²) in [7, 11) is 0. The second kappa shape index (κ2) is 5.31. The maximum Gasteiger partial charge on any atom is 0.0820 e. The van der Waals surface area contributed by atoms with Crippen LogP contribution in [0, 0.1) is 11.8 Å². The molecule has 1 heterocycles. The van der Waals surface area contributed by atoms with E-state index in [-0.39, 0.29) is 0 Å². The Balaban J connectivity index is 2.67. The second-order valence-electron chi connectivity index (χ2n) is 5.30. The molecule has 3 unspecified atom stereocenters. The lowest BCUT2D eigenvalue weighted by Gasteiger charge is -2.43. The Morgan fingerprint density at radius 1 is 1.40 bits per heavy atom. The van der Waals surface area contributed by atoms with Crippen LogP contribution in [0.5, 0.6) is 0 Å². The van der Waals surface area contributed by atoms with Crippen molar-refractivity contribution < 1.29 is 5.11 Å². The molecule has 1 aliphatic heterocycles. The van der Waals surface area contributed by atoms with Crippen molar-refractivity contribution in [1.82, 2.24) is 5.32 Å². The molecule has 0 amide bonds. The molecule has 2 heteroatoms. The van der Waals surface area contributed by atoms with Gasteiger partial charge in [-0.25, -0.2) is 0 Å². The smallest absolute Gasteiger partial charge is 0.0820 e. The maximum atomic E-state index is 10.7. The Kier molecular flexibility index (Phi) is 4.60. The largest absolute Gasteiger partial charge is 0.388 e. The molecule has 2 nitrogen and oxygen atoms in total. The zero-order valence-corrected chi connectivity index (χ0v) is 10.7. The number of hydrogen-bond donors (Lipinski definition) is 2. The second-order valence-corrected chi connectivity index (χ2v) is 5.30. The summed E-state index contributed by atoms with van der Waals surface area (Å²) < 4.78 is 0. The average Bonchev–Trinajstić information content (AvgIpc) is 2.27. The van der Waals surface area contributed by atoms with Gasteiger partial charge in [-0.05, 0) is 37.6 Å². The van der Waals surface area contributed by atoms with E-state index in [1.54, 1.807) is 0 Å². The quantitative estimate of drug-likeness (QED) is 0.752. The lowest BCUT2D eigenvalue weighted by Crippen LogP contribution is -2.56. The maximum absolute atomic E-state index is 10.7. The van der Waals surface area contributed by atoms with Crippen LogP contribution in [0.3, 0.4) is 0 Å². The van der Waals surface area contributed by atoms with Crippen LogP contribution in [-0.4, -0.2) is 23.3 Å². The van der Waals surface area contributed by atoms with E-state index < -0.39 is 5.60 Å². The molecule has 1 fully saturated rings. The molecule has 0 aromatic rings. The summed E-state index contributed by atoms with van der Waals surface area (Å²) in [6.45, 7) is 9.67. The first-order valence-corrected chi connectivity index (χ1v) is 6.50. The number of rotatable bonds is 4. The molecule has 0 saturated carbocycles. The lowest BCUT2D eigenvalue weighted by molar-refractivity contribution is -0.0557. The summed E-state index contributed by atoms with van der Waals surface area (Å²) in [5.74, 6) is 1.13. The first-order valence-electron chi connectivity index (χ1n) is 6.50. The fourth-order valence-electron chi connectivity index (χ4n) is 2.80. The SMILES string of the molecule is CCC1CCNC(C(O)(CC)C(C)C)C1. The van der Waals surface area contributed by atoms with E-state index in [1.165, 1.54) is 12.8 Å². The fraction of sp³-hybridized carbons (Fsp3) is 1.00. The lowest BCUT2D eigenvalue weighted by atomic mass is 9.75. The van der Waals surface area contributed by atoms with E-state index in [4.69, 9.17) is 0 Å². The highest BCUT2D eigenvalue weighted by atomic mass is 16.3. The van der Waals surface area contributed by atoms with E-state index in [0.29, 0.717) is 12.0 Å². The van der Waals surface area contributed by atoms with Gasteiger partial charge in [0, 0.05) is 6.04 Å². The predicted octanol–water partition coefficient (Wildman–Crippen LogP) is 2.56. The van der Waals surface area contributed by atoms with Crippen molar-refractivity contribution in [3.8, 4) is 0 Å². The molecule has 0 aliphatic carbocycles. The van der Waals surface area contributed by atoms with Gasteiger partial charge in [0.1, 0.15) is 0 Å². The molecule has 1 rings (SSSR count). The number of hydrogen-bond acceptors (Lipinski definition) is 2. The predicted molar refractivity (Wildman–Crippen MR) is 64.9 cm³/mol. The fourth-order valence-corrected chi connectivity index (χ4v) is 2.80. The number of nitrogens with one attached hydrogen (secondary N) is 1.